The molecule has 0 bridgehead atoms. The fourth-order valence-corrected chi connectivity index (χ4v) is 3.98. The van der Waals surface area contributed by atoms with Gasteiger partial charge in [-0.2, -0.15) is 0 Å². The number of carbonyl (C=O) groups excluding carboxylic acids is 2. The van der Waals surface area contributed by atoms with Gasteiger partial charge in [0.15, 0.2) is 0 Å². The fraction of sp³-hybridized carbons (Fsp3) is 0.650. The minimum Gasteiger partial charge on any atom is -0.469 e. The van der Waals surface area contributed by atoms with Crippen molar-refractivity contribution in [2.75, 3.05) is 44.7 Å². The third kappa shape index (κ3) is 5.66. The Balaban J connectivity index is 1.32. The third-order valence-electron chi connectivity index (χ3n) is 5.68. The van der Waals surface area contributed by atoms with Crippen LogP contribution in [-0.4, -0.2) is 67.6 Å². The second-order valence-corrected chi connectivity index (χ2v) is 7.42. The molecule has 0 atom stereocenters. The molecule has 0 radical (unpaired) electrons. The summed E-state index contributed by atoms with van der Waals surface area (Å²) in [5.74, 6) is -0.00129. The highest BCUT2D eigenvalue weighted by atomic mass is 16.5. The molecule has 1 saturated heterocycles. The highest BCUT2D eigenvalue weighted by Crippen LogP contribution is 2.25. The number of methoxy groups -OCH3 is 1. The molecule has 0 spiro atoms. The maximum atomic E-state index is 12.3. The number of pyridine rings is 1. The van der Waals surface area contributed by atoms with Crippen LogP contribution in [0.15, 0.2) is 24.5 Å². The van der Waals surface area contributed by atoms with Crippen molar-refractivity contribution in [3.8, 4) is 0 Å². The van der Waals surface area contributed by atoms with Crippen molar-refractivity contribution in [1.29, 1.82) is 0 Å². The SMILES string of the molecule is COC(=O)C1CCC(NC(=O)CCN2CCN(c3ccncc3)CC2)CC1. The van der Waals surface area contributed by atoms with Crippen LogP contribution in [0.1, 0.15) is 32.1 Å². The van der Waals surface area contributed by atoms with E-state index in [1.165, 1.54) is 12.8 Å². The Labute approximate surface area is 161 Å². The van der Waals surface area contributed by atoms with Crippen LogP contribution in [0, 0.1) is 5.92 Å². The molecule has 1 N–H and O–H groups in total. The molecule has 1 aliphatic carbocycles. The summed E-state index contributed by atoms with van der Waals surface area (Å²) in [6, 6.07) is 4.28. The van der Waals surface area contributed by atoms with Crippen LogP contribution in [0.3, 0.4) is 0 Å². The van der Waals surface area contributed by atoms with Gasteiger partial charge in [0.1, 0.15) is 0 Å². The Morgan fingerprint density at radius 3 is 2.41 bits per heavy atom. The first kappa shape index (κ1) is 19.6. The summed E-state index contributed by atoms with van der Waals surface area (Å²) in [6.07, 6.45) is 7.50. The molecule has 1 aliphatic heterocycles. The first-order valence-corrected chi connectivity index (χ1v) is 9.90. The lowest BCUT2D eigenvalue weighted by molar-refractivity contribution is -0.146. The lowest BCUT2D eigenvalue weighted by atomic mass is 9.86. The van der Waals surface area contributed by atoms with Crippen LogP contribution in [0.2, 0.25) is 0 Å². The average Bonchev–Trinajstić information content (AvgIpc) is 2.73. The van der Waals surface area contributed by atoms with E-state index in [4.69, 9.17) is 4.74 Å². The van der Waals surface area contributed by atoms with Crippen LogP contribution in [0.4, 0.5) is 5.69 Å². The number of nitrogens with one attached hydrogen (secondary N) is 1. The van der Waals surface area contributed by atoms with E-state index >= 15 is 0 Å². The number of ether oxygens (including phenoxy) is 1. The summed E-state index contributed by atoms with van der Waals surface area (Å²) in [7, 11) is 1.44. The number of piperazine rings is 1. The highest BCUT2D eigenvalue weighted by molar-refractivity contribution is 5.76. The zero-order valence-corrected chi connectivity index (χ0v) is 16.1. The standard InChI is InChI=1S/C20H30N4O3/c1-27-20(26)16-2-4-17(5-3-16)22-19(25)8-11-23-12-14-24(15-13-23)18-6-9-21-10-7-18/h6-7,9-10,16-17H,2-5,8,11-15H2,1H3,(H,22,25). The van der Waals surface area contributed by atoms with Gasteiger partial charge < -0.3 is 15.0 Å². The van der Waals surface area contributed by atoms with Crippen molar-refractivity contribution in [1.82, 2.24) is 15.2 Å². The second kappa shape index (κ2) is 9.69. The van der Waals surface area contributed by atoms with Crippen molar-refractivity contribution >= 4 is 17.6 Å². The normalized spacial score (nSPS) is 23.7. The first-order valence-electron chi connectivity index (χ1n) is 9.90. The zero-order chi connectivity index (χ0) is 19.1. The minimum absolute atomic E-state index is 0.000145. The third-order valence-corrected chi connectivity index (χ3v) is 5.68. The Morgan fingerprint density at radius 2 is 1.78 bits per heavy atom. The number of rotatable bonds is 6. The molecule has 7 nitrogen and oxygen atoms in total. The molecule has 3 rings (SSSR count). The monoisotopic (exact) mass is 374 g/mol. The van der Waals surface area contributed by atoms with Gasteiger partial charge in [-0.25, -0.2) is 0 Å². The van der Waals surface area contributed by atoms with E-state index in [1.54, 1.807) is 0 Å². The zero-order valence-electron chi connectivity index (χ0n) is 16.1. The maximum Gasteiger partial charge on any atom is 0.308 e. The van der Waals surface area contributed by atoms with Crippen molar-refractivity contribution in [2.45, 2.75) is 38.1 Å². The number of hydrogen-bond donors (Lipinski definition) is 1. The number of amides is 1. The lowest BCUT2D eigenvalue weighted by Crippen LogP contribution is -2.47. The molecule has 7 heteroatoms. The predicted octanol–water partition coefficient (Wildman–Crippen LogP) is 1.44. The van der Waals surface area contributed by atoms with Crippen molar-refractivity contribution in [2.24, 2.45) is 5.92 Å². The van der Waals surface area contributed by atoms with E-state index in [0.717, 1.165) is 58.4 Å². The predicted molar refractivity (Wildman–Crippen MR) is 103 cm³/mol. The molecular weight excluding hydrogens is 344 g/mol. The van der Waals surface area contributed by atoms with E-state index in [2.05, 4.69) is 20.1 Å². The molecule has 2 heterocycles. The summed E-state index contributed by atoms with van der Waals surface area (Å²) in [5, 5.41) is 3.14. The Kier molecular flexibility index (Phi) is 7.04. The molecule has 1 amide bonds. The van der Waals surface area contributed by atoms with Crippen LogP contribution < -0.4 is 10.2 Å². The average molecular weight is 374 g/mol. The fourth-order valence-electron chi connectivity index (χ4n) is 3.98. The molecule has 1 saturated carbocycles. The van der Waals surface area contributed by atoms with Crippen molar-refractivity contribution in [3.63, 3.8) is 0 Å². The van der Waals surface area contributed by atoms with E-state index in [-0.39, 0.29) is 23.8 Å². The quantitative estimate of drug-likeness (QED) is 0.760. The maximum absolute atomic E-state index is 12.3. The lowest BCUT2D eigenvalue weighted by Gasteiger charge is -2.36. The number of carbonyl (C=O) groups is 2. The van der Waals surface area contributed by atoms with Crippen LogP contribution >= 0.6 is 0 Å². The second-order valence-electron chi connectivity index (χ2n) is 7.42. The minimum atomic E-state index is -0.120. The number of hydrogen-bond acceptors (Lipinski definition) is 6. The molecule has 0 aromatic carbocycles. The van der Waals surface area contributed by atoms with E-state index in [0.29, 0.717) is 6.42 Å². The smallest absolute Gasteiger partial charge is 0.308 e. The summed E-state index contributed by atoms with van der Waals surface area (Å²) in [5.41, 5.74) is 1.21. The van der Waals surface area contributed by atoms with Crippen molar-refractivity contribution < 1.29 is 14.3 Å². The number of nitrogens with zero attached hydrogens (tertiary/aromatic N) is 3. The Bertz CT molecular complexity index is 609. The van der Waals surface area contributed by atoms with Crippen LogP contribution in [0.5, 0.6) is 0 Å². The molecular formula is C20H30N4O3. The van der Waals surface area contributed by atoms with Gasteiger partial charge in [-0.05, 0) is 37.8 Å². The summed E-state index contributed by atoms with van der Waals surface area (Å²) < 4.78 is 4.81. The molecule has 27 heavy (non-hydrogen) atoms. The number of aromatic nitrogens is 1. The molecule has 1 aromatic heterocycles. The largest absolute Gasteiger partial charge is 0.469 e. The molecule has 2 fully saturated rings. The van der Waals surface area contributed by atoms with Gasteiger partial charge in [0.2, 0.25) is 5.91 Å². The topological polar surface area (TPSA) is 74.8 Å². The van der Waals surface area contributed by atoms with Gasteiger partial charge in [-0.1, -0.05) is 0 Å². The summed E-state index contributed by atoms with van der Waals surface area (Å²) in [6.45, 7) is 4.69. The Morgan fingerprint density at radius 1 is 1.11 bits per heavy atom. The van der Waals surface area contributed by atoms with Crippen LogP contribution in [0.25, 0.3) is 0 Å². The summed E-state index contributed by atoms with van der Waals surface area (Å²) >= 11 is 0. The number of anilines is 1. The molecule has 148 valence electrons. The molecule has 2 aliphatic rings. The first-order chi connectivity index (χ1) is 13.2. The van der Waals surface area contributed by atoms with E-state index < -0.39 is 0 Å². The van der Waals surface area contributed by atoms with Gasteiger partial charge in [0.25, 0.3) is 0 Å². The van der Waals surface area contributed by atoms with Crippen molar-refractivity contribution in [3.05, 3.63) is 24.5 Å². The number of esters is 1. The van der Waals surface area contributed by atoms with Gasteiger partial charge in [-0.3, -0.25) is 19.5 Å². The summed E-state index contributed by atoms with van der Waals surface area (Å²) in [4.78, 5) is 32.6. The van der Waals surface area contributed by atoms with E-state index in [1.807, 2.05) is 24.5 Å². The van der Waals surface area contributed by atoms with Gasteiger partial charge in [-0.15, -0.1) is 0 Å². The van der Waals surface area contributed by atoms with Gasteiger partial charge >= 0.3 is 5.97 Å². The molecule has 0 unspecified atom stereocenters. The van der Waals surface area contributed by atoms with Gasteiger partial charge in [0, 0.05) is 63.3 Å². The Hall–Kier alpha value is -2.15. The van der Waals surface area contributed by atoms with E-state index in [9.17, 15) is 9.59 Å². The molecule has 1 aromatic rings. The van der Waals surface area contributed by atoms with Crippen LogP contribution in [-0.2, 0) is 14.3 Å². The van der Waals surface area contributed by atoms with Gasteiger partial charge in [0.05, 0.1) is 13.0 Å². The highest BCUT2D eigenvalue weighted by Gasteiger charge is 2.27.